The van der Waals surface area contributed by atoms with Crippen molar-refractivity contribution in [2.75, 3.05) is 0 Å². The molecule has 0 aliphatic heterocycles. The molecule has 0 bridgehead atoms. The summed E-state index contributed by atoms with van der Waals surface area (Å²) in [6.07, 6.45) is 5.92. The summed E-state index contributed by atoms with van der Waals surface area (Å²) in [5.41, 5.74) is 2.18. The van der Waals surface area contributed by atoms with Gasteiger partial charge in [-0.25, -0.2) is 4.98 Å². The third-order valence-corrected chi connectivity index (χ3v) is 6.65. The predicted octanol–water partition coefficient (Wildman–Crippen LogP) is 4.36. The second-order valence-corrected chi connectivity index (χ2v) is 8.56. The number of nitrogens with zero attached hydrogens (tertiary/aromatic N) is 1. The summed E-state index contributed by atoms with van der Waals surface area (Å²) in [6.45, 7) is 0. The Morgan fingerprint density at radius 3 is 2.67 bits per heavy atom. The van der Waals surface area contributed by atoms with Gasteiger partial charge in [0.1, 0.15) is 5.25 Å². The number of rotatable bonds is 6. The summed E-state index contributed by atoms with van der Waals surface area (Å²) in [4.78, 5) is 26.5. The minimum absolute atomic E-state index is 0.413. The van der Waals surface area contributed by atoms with Crippen LogP contribution in [0.4, 0.5) is 0 Å². The first-order valence-corrected chi connectivity index (χ1v) is 9.74. The van der Waals surface area contributed by atoms with Crippen LogP contribution >= 0.6 is 23.1 Å². The molecule has 0 spiro atoms. The summed E-state index contributed by atoms with van der Waals surface area (Å²) < 4.78 is 1.65. The third kappa shape index (κ3) is 4.08. The lowest BCUT2D eigenvalue weighted by Gasteiger charge is -2.21. The summed E-state index contributed by atoms with van der Waals surface area (Å²) in [7, 11) is 0. The van der Waals surface area contributed by atoms with Gasteiger partial charge in [-0.3, -0.25) is 9.59 Å². The average molecular weight is 365 g/mol. The van der Waals surface area contributed by atoms with Crippen molar-refractivity contribution < 1.29 is 19.8 Å². The largest absolute Gasteiger partial charge is 0.481 e. The number of thiazole rings is 1. The average Bonchev–Trinajstić information content (AvgIpc) is 2.96. The van der Waals surface area contributed by atoms with Crippen LogP contribution in [0.3, 0.4) is 0 Å². The molecule has 128 valence electrons. The van der Waals surface area contributed by atoms with Gasteiger partial charge in [0, 0.05) is 0 Å². The maximum Gasteiger partial charge on any atom is 0.317 e. The Morgan fingerprint density at radius 2 is 2.00 bits per heavy atom. The molecule has 5 nitrogen and oxygen atoms in total. The van der Waals surface area contributed by atoms with Gasteiger partial charge in [-0.15, -0.1) is 11.3 Å². The molecular weight excluding hydrogens is 346 g/mol. The summed E-state index contributed by atoms with van der Waals surface area (Å²) in [5, 5.41) is 17.0. The van der Waals surface area contributed by atoms with E-state index in [4.69, 9.17) is 10.2 Å². The first-order valence-electron chi connectivity index (χ1n) is 8.04. The van der Waals surface area contributed by atoms with Crippen LogP contribution in [-0.2, 0) is 9.59 Å². The van der Waals surface area contributed by atoms with Crippen LogP contribution in [0.25, 0.3) is 10.2 Å². The van der Waals surface area contributed by atoms with Gasteiger partial charge in [0.25, 0.3) is 0 Å². The number of carboxylic acid groups (broad SMARTS) is 2. The maximum atomic E-state index is 11.2. The molecule has 1 saturated carbocycles. The van der Waals surface area contributed by atoms with Crippen LogP contribution in [0.1, 0.15) is 50.0 Å². The van der Waals surface area contributed by atoms with E-state index in [1.165, 1.54) is 49.0 Å². The Morgan fingerprint density at radius 1 is 1.25 bits per heavy atom. The molecule has 0 saturated heterocycles. The molecule has 0 radical (unpaired) electrons. The van der Waals surface area contributed by atoms with Crippen LogP contribution in [0.5, 0.6) is 0 Å². The number of hydrogen-bond acceptors (Lipinski definition) is 5. The van der Waals surface area contributed by atoms with Crippen LogP contribution in [0.2, 0.25) is 0 Å². The zero-order chi connectivity index (χ0) is 17.1. The molecule has 1 aromatic heterocycles. The predicted molar refractivity (Wildman–Crippen MR) is 95.0 cm³/mol. The van der Waals surface area contributed by atoms with Crippen molar-refractivity contribution >= 4 is 45.3 Å². The van der Waals surface area contributed by atoms with Gasteiger partial charge in [0.2, 0.25) is 0 Å². The molecule has 1 aliphatic rings. The Labute approximate surface area is 148 Å². The smallest absolute Gasteiger partial charge is 0.317 e. The second-order valence-electron chi connectivity index (χ2n) is 6.08. The Hall–Kier alpha value is -1.60. The molecule has 7 heteroatoms. The fourth-order valence-corrected chi connectivity index (χ4v) is 5.40. The first-order chi connectivity index (χ1) is 11.5. The number of carboxylic acids is 2. The summed E-state index contributed by atoms with van der Waals surface area (Å²) in [6, 6.07) is 6.28. The molecule has 2 aromatic rings. The Balaban J connectivity index is 1.80. The highest BCUT2D eigenvalue weighted by Crippen LogP contribution is 2.37. The molecule has 1 fully saturated rings. The number of aromatic nitrogens is 1. The van der Waals surface area contributed by atoms with Crippen molar-refractivity contribution in [3.05, 3.63) is 23.8 Å². The van der Waals surface area contributed by atoms with Gasteiger partial charge in [0.05, 0.1) is 16.6 Å². The quantitative estimate of drug-likeness (QED) is 0.739. The number of benzene rings is 1. The number of thioether (sulfide) groups is 1. The molecule has 1 heterocycles. The van der Waals surface area contributed by atoms with Gasteiger partial charge in [0.15, 0.2) is 4.34 Å². The monoisotopic (exact) mass is 365 g/mol. The SMILES string of the molecule is O=C(O)CC(Sc1nc2ccc(C3CCCCC3)cc2s1)C(=O)O. The van der Waals surface area contributed by atoms with E-state index >= 15 is 0 Å². The van der Waals surface area contributed by atoms with Crippen LogP contribution in [0, 0.1) is 0 Å². The van der Waals surface area contributed by atoms with E-state index in [1.54, 1.807) is 0 Å². The normalized spacial score (nSPS) is 17.0. The molecule has 1 aromatic carbocycles. The summed E-state index contributed by atoms with van der Waals surface area (Å²) in [5.74, 6) is -1.62. The van der Waals surface area contributed by atoms with E-state index < -0.39 is 23.6 Å². The molecule has 1 unspecified atom stereocenters. The highest BCUT2D eigenvalue weighted by atomic mass is 32.2. The van der Waals surface area contributed by atoms with Gasteiger partial charge < -0.3 is 10.2 Å². The van der Waals surface area contributed by atoms with Gasteiger partial charge in [-0.2, -0.15) is 0 Å². The Bertz CT molecular complexity index is 752. The topological polar surface area (TPSA) is 87.5 Å². The van der Waals surface area contributed by atoms with E-state index in [9.17, 15) is 9.59 Å². The molecule has 1 aliphatic carbocycles. The molecular formula is C17H19NO4S2. The second kappa shape index (κ2) is 7.53. The zero-order valence-electron chi connectivity index (χ0n) is 13.1. The van der Waals surface area contributed by atoms with E-state index in [0.29, 0.717) is 10.3 Å². The fraction of sp³-hybridized carbons (Fsp3) is 0.471. The highest BCUT2D eigenvalue weighted by Gasteiger charge is 2.24. The summed E-state index contributed by atoms with van der Waals surface area (Å²) >= 11 is 2.46. The van der Waals surface area contributed by atoms with Crippen molar-refractivity contribution in [3.63, 3.8) is 0 Å². The Kier molecular flexibility index (Phi) is 5.40. The lowest BCUT2D eigenvalue weighted by molar-refractivity contribution is -0.142. The lowest BCUT2D eigenvalue weighted by atomic mass is 9.84. The molecule has 3 rings (SSSR count). The van der Waals surface area contributed by atoms with Crippen molar-refractivity contribution in [1.29, 1.82) is 0 Å². The minimum atomic E-state index is -1.12. The molecule has 1 atom stereocenters. The maximum absolute atomic E-state index is 11.2. The third-order valence-electron chi connectivity index (χ3n) is 4.35. The van der Waals surface area contributed by atoms with Gasteiger partial charge in [-0.1, -0.05) is 37.1 Å². The van der Waals surface area contributed by atoms with Gasteiger partial charge in [-0.05, 0) is 36.5 Å². The number of fused-ring (bicyclic) bond motifs is 1. The number of carbonyl (C=O) groups is 2. The highest BCUT2D eigenvalue weighted by molar-refractivity contribution is 8.02. The van der Waals surface area contributed by atoms with Crippen molar-refractivity contribution in [2.24, 2.45) is 0 Å². The van der Waals surface area contributed by atoms with Crippen LogP contribution in [0.15, 0.2) is 22.5 Å². The molecule has 24 heavy (non-hydrogen) atoms. The fourth-order valence-electron chi connectivity index (χ4n) is 3.12. The molecule has 2 N–H and O–H groups in total. The van der Waals surface area contributed by atoms with E-state index in [2.05, 4.69) is 17.1 Å². The molecule has 0 amide bonds. The van der Waals surface area contributed by atoms with Crippen molar-refractivity contribution in [3.8, 4) is 0 Å². The van der Waals surface area contributed by atoms with Crippen LogP contribution in [-0.4, -0.2) is 32.4 Å². The number of hydrogen-bond donors (Lipinski definition) is 2. The zero-order valence-corrected chi connectivity index (χ0v) is 14.7. The van der Waals surface area contributed by atoms with E-state index in [-0.39, 0.29) is 0 Å². The minimum Gasteiger partial charge on any atom is -0.481 e. The van der Waals surface area contributed by atoms with E-state index in [0.717, 1.165) is 22.0 Å². The number of aliphatic carboxylic acids is 2. The standard InChI is InChI=1S/C17H19NO4S2/c19-15(20)9-14(16(21)22)24-17-18-12-7-6-11(8-13(12)23-17)10-4-2-1-3-5-10/h6-8,10,14H,1-5,9H2,(H,19,20)(H,21,22). The van der Waals surface area contributed by atoms with Crippen molar-refractivity contribution in [2.45, 2.75) is 54.0 Å². The lowest BCUT2D eigenvalue weighted by Crippen LogP contribution is -2.20. The van der Waals surface area contributed by atoms with E-state index in [1.807, 2.05) is 6.07 Å². The first kappa shape index (κ1) is 17.2. The van der Waals surface area contributed by atoms with Gasteiger partial charge >= 0.3 is 11.9 Å². The van der Waals surface area contributed by atoms with Crippen molar-refractivity contribution in [1.82, 2.24) is 4.98 Å². The van der Waals surface area contributed by atoms with Crippen LogP contribution < -0.4 is 0 Å².